The Morgan fingerprint density at radius 1 is 0.880 bits per heavy atom. The van der Waals surface area contributed by atoms with Crippen LogP contribution in [0.2, 0.25) is 0 Å². The van der Waals surface area contributed by atoms with Gasteiger partial charge in [0.05, 0.1) is 34.2 Å². The summed E-state index contributed by atoms with van der Waals surface area (Å²) in [6.07, 6.45) is 18.2. The number of amides is 2. The molecule has 8 heteroatoms. The van der Waals surface area contributed by atoms with E-state index in [9.17, 15) is 19.5 Å². The van der Waals surface area contributed by atoms with E-state index in [1.165, 1.54) is 64.2 Å². The van der Waals surface area contributed by atoms with Crippen LogP contribution in [0.3, 0.4) is 0 Å². The third-order valence-electron chi connectivity index (χ3n) is 12.3. The fraction of sp³-hybridized carbons (Fsp3) is 0.667. The number of carbonyl (C=O) groups excluding carboxylic acids is 3. The molecule has 1 aromatic carbocycles. The smallest absolute Gasteiger partial charge is 0.277 e. The summed E-state index contributed by atoms with van der Waals surface area (Å²) in [5.41, 5.74) is 2.46. The Kier molecular flexibility index (Phi) is 11.2. The third kappa shape index (κ3) is 7.32. The lowest BCUT2D eigenvalue weighted by atomic mass is 9.73. The molecule has 3 saturated carbocycles. The minimum Gasteiger partial charge on any atom is -0.506 e. The number of carbonyl (C=O) groups is 3. The van der Waals surface area contributed by atoms with Crippen LogP contribution in [0.25, 0.3) is 5.57 Å². The van der Waals surface area contributed by atoms with E-state index in [4.69, 9.17) is 5.10 Å². The molecular formula is C42H60N4O4. The number of hydrogen-bond acceptors (Lipinski definition) is 6. The molecule has 8 nitrogen and oxygen atoms in total. The first-order chi connectivity index (χ1) is 24.0. The van der Waals surface area contributed by atoms with Gasteiger partial charge in [-0.05, 0) is 88.3 Å². The average Bonchev–Trinajstić information content (AvgIpc) is 3.74. The van der Waals surface area contributed by atoms with Crippen molar-refractivity contribution in [3.8, 4) is 0 Å². The number of benzene rings is 1. The molecular weight excluding hydrogens is 624 g/mol. The van der Waals surface area contributed by atoms with Crippen LogP contribution in [-0.2, 0) is 14.4 Å². The van der Waals surface area contributed by atoms with Crippen LogP contribution in [0.5, 0.6) is 0 Å². The maximum Gasteiger partial charge on any atom is 0.277 e. The summed E-state index contributed by atoms with van der Waals surface area (Å²) >= 11 is 0. The van der Waals surface area contributed by atoms with Crippen molar-refractivity contribution in [3.63, 3.8) is 0 Å². The van der Waals surface area contributed by atoms with E-state index in [2.05, 4.69) is 24.1 Å². The average molecular weight is 685 g/mol. The van der Waals surface area contributed by atoms with Gasteiger partial charge >= 0.3 is 0 Å². The Labute approximate surface area is 299 Å². The van der Waals surface area contributed by atoms with Gasteiger partial charge in [-0.15, -0.1) is 0 Å². The van der Waals surface area contributed by atoms with E-state index >= 15 is 0 Å². The van der Waals surface area contributed by atoms with Crippen molar-refractivity contribution in [2.75, 3.05) is 23.3 Å². The van der Waals surface area contributed by atoms with Gasteiger partial charge in [0.15, 0.2) is 0 Å². The first-order valence-corrected chi connectivity index (χ1v) is 19.9. The van der Waals surface area contributed by atoms with Crippen molar-refractivity contribution in [2.45, 2.75) is 143 Å². The quantitative estimate of drug-likeness (QED) is 0.226. The number of ketones is 1. The molecule has 2 amide bonds. The van der Waals surface area contributed by atoms with Crippen molar-refractivity contribution in [1.82, 2.24) is 5.01 Å². The van der Waals surface area contributed by atoms with Gasteiger partial charge in [-0.25, -0.2) is 5.01 Å². The van der Waals surface area contributed by atoms with Crippen molar-refractivity contribution in [2.24, 2.45) is 28.3 Å². The Morgan fingerprint density at radius 3 is 2.00 bits per heavy atom. The number of allylic oxidation sites excluding steroid dienone is 2. The molecule has 0 atom stereocenters. The van der Waals surface area contributed by atoms with Crippen LogP contribution in [0.15, 0.2) is 40.2 Å². The van der Waals surface area contributed by atoms with Crippen molar-refractivity contribution < 1.29 is 19.5 Å². The molecule has 50 heavy (non-hydrogen) atoms. The second kappa shape index (κ2) is 15.4. The molecule has 0 radical (unpaired) electrons. The number of anilines is 2. The lowest BCUT2D eigenvalue weighted by Gasteiger charge is -2.41. The maximum absolute atomic E-state index is 14.7. The Hall–Kier alpha value is -3.42. The monoisotopic (exact) mass is 684 g/mol. The topological polar surface area (TPSA) is 102 Å². The second-order valence-corrected chi connectivity index (χ2v) is 16.6. The lowest BCUT2D eigenvalue weighted by molar-refractivity contribution is -0.131. The Bertz CT molecular complexity index is 1530. The Morgan fingerprint density at radius 2 is 1.46 bits per heavy atom. The number of rotatable bonds is 11. The second-order valence-electron chi connectivity index (χ2n) is 16.6. The van der Waals surface area contributed by atoms with Gasteiger partial charge in [-0.2, -0.15) is 5.10 Å². The number of aliphatic hydroxyl groups excluding tert-OH is 1. The highest BCUT2D eigenvalue weighted by Crippen LogP contribution is 2.46. The van der Waals surface area contributed by atoms with E-state index in [1.54, 1.807) is 5.01 Å². The summed E-state index contributed by atoms with van der Waals surface area (Å²) in [4.78, 5) is 44.5. The lowest BCUT2D eigenvalue weighted by Crippen LogP contribution is -2.46. The summed E-state index contributed by atoms with van der Waals surface area (Å²) in [5.74, 6) is 0.526. The van der Waals surface area contributed by atoms with Gasteiger partial charge in [-0.3, -0.25) is 14.4 Å². The highest BCUT2D eigenvalue weighted by atomic mass is 16.3. The predicted octanol–water partition coefficient (Wildman–Crippen LogP) is 9.36. The molecule has 1 aliphatic heterocycles. The first kappa shape index (κ1) is 36.4. The molecule has 0 bridgehead atoms. The zero-order valence-electron chi connectivity index (χ0n) is 31.3. The summed E-state index contributed by atoms with van der Waals surface area (Å²) in [5, 5.41) is 21.8. The van der Waals surface area contributed by atoms with Crippen molar-refractivity contribution in [1.29, 1.82) is 0 Å². The molecule has 0 unspecified atom stereocenters. The van der Waals surface area contributed by atoms with Gasteiger partial charge in [0.1, 0.15) is 5.76 Å². The molecule has 0 aromatic heterocycles. The Balaban J connectivity index is 1.41. The SMILES string of the molecule is CCN(CC)c1ccc(C2=C(O)/C(=C3\C(=O)N(C(C4CCCCC4)C4CCCCC4)N=C3CCC3CCCC3)C2=O)c(NC(=O)C(C)(C)C)c1. The number of aliphatic hydroxyl groups is 1. The van der Waals surface area contributed by atoms with Crippen LogP contribution in [0, 0.1) is 23.2 Å². The van der Waals surface area contributed by atoms with Crippen LogP contribution in [-0.4, -0.2) is 52.6 Å². The summed E-state index contributed by atoms with van der Waals surface area (Å²) in [6.45, 7) is 11.3. The zero-order valence-corrected chi connectivity index (χ0v) is 31.3. The largest absolute Gasteiger partial charge is 0.506 e. The highest BCUT2D eigenvalue weighted by Gasteiger charge is 2.48. The molecule has 2 N–H and O–H groups in total. The number of hydrazone groups is 1. The standard InChI is InChI=1S/C42H60N4O4/c1-6-45(7-2)30-23-24-31(33(26-30)43-41(50)42(3,4)5)34-38(47)36(39(34)48)35-32(25-22-27-16-14-15-17-27)44-46(40(35)49)37(28-18-10-8-11-19-28)29-20-12-9-13-21-29/h23-24,26-29,37,47H,6-22,25H2,1-5H3,(H,43,50)/b36-35+. The number of Topliss-reactive ketones (excluding diaryl/α,β-unsaturated/α-hetero) is 1. The van der Waals surface area contributed by atoms with E-state index in [-0.39, 0.29) is 40.5 Å². The third-order valence-corrected chi connectivity index (χ3v) is 12.3. The van der Waals surface area contributed by atoms with E-state index in [0.29, 0.717) is 46.7 Å². The van der Waals surface area contributed by atoms with Crippen molar-refractivity contribution in [3.05, 3.63) is 40.7 Å². The van der Waals surface area contributed by atoms with Gasteiger partial charge in [0.2, 0.25) is 11.7 Å². The molecule has 1 heterocycles. The number of nitrogens with zero attached hydrogens (tertiary/aromatic N) is 3. The molecule has 6 rings (SSSR count). The molecule has 0 saturated heterocycles. The van der Waals surface area contributed by atoms with Gasteiger partial charge in [-0.1, -0.05) is 85.0 Å². The van der Waals surface area contributed by atoms with Gasteiger partial charge in [0.25, 0.3) is 5.91 Å². The zero-order chi connectivity index (χ0) is 35.6. The number of nitrogens with one attached hydrogen (secondary N) is 1. The first-order valence-electron chi connectivity index (χ1n) is 19.9. The molecule has 4 aliphatic carbocycles. The highest BCUT2D eigenvalue weighted by molar-refractivity contribution is 6.44. The van der Waals surface area contributed by atoms with E-state index < -0.39 is 5.41 Å². The van der Waals surface area contributed by atoms with E-state index in [1.807, 2.05) is 39.0 Å². The van der Waals surface area contributed by atoms with Crippen molar-refractivity contribution >= 4 is 40.3 Å². The van der Waals surface area contributed by atoms with E-state index in [0.717, 1.165) is 50.9 Å². The van der Waals surface area contributed by atoms with Gasteiger partial charge in [0, 0.05) is 29.8 Å². The minimum atomic E-state index is -0.659. The normalized spacial score (nSPS) is 22.8. The molecule has 5 aliphatic rings. The fourth-order valence-corrected chi connectivity index (χ4v) is 9.30. The van der Waals surface area contributed by atoms with Crippen LogP contribution >= 0.6 is 0 Å². The molecule has 0 spiro atoms. The summed E-state index contributed by atoms with van der Waals surface area (Å²) < 4.78 is 0. The molecule has 3 fully saturated rings. The maximum atomic E-state index is 14.7. The fourth-order valence-electron chi connectivity index (χ4n) is 9.30. The summed E-state index contributed by atoms with van der Waals surface area (Å²) in [6, 6.07) is 5.68. The minimum absolute atomic E-state index is 0.0373. The van der Waals surface area contributed by atoms with Gasteiger partial charge < -0.3 is 15.3 Å². The van der Waals surface area contributed by atoms with Crippen LogP contribution < -0.4 is 10.2 Å². The van der Waals surface area contributed by atoms with Crippen LogP contribution in [0.4, 0.5) is 11.4 Å². The van der Waals surface area contributed by atoms with Crippen LogP contribution in [0.1, 0.15) is 143 Å². The predicted molar refractivity (Wildman–Crippen MR) is 202 cm³/mol. The molecule has 272 valence electrons. The molecule has 1 aromatic rings. The summed E-state index contributed by atoms with van der Waals surface area (Å²) in [7, 11) is 0. The number of hydrogen-bond donors (Lipinski definition) is 2.